The van der Waals surface area contributed by atoms with E-state index in [-0.39, 0.29) is 34.3 Å². The first-order valence-corrected chi connectivity index (χ1v) is 10.1. The number of benzene rings is 1. The van der Waals surface area contributed by atoms with Crippen molar-refractivity contribution >= 4 is 35.0 Å². The fourth-order valence-electron chi connectivity index (χ4n) is 3.65. The van der Waals surface area contributed by atoms with Crippen molar-refractivity contribution in [2.75, 3.05) is 11.9 Å². The average molecular weight is 469 g/mol. The van der Waals surface area contributed by atoms with Crippen LogP contribution in [0.1, 0.15) is 47.3 Å². The monoisotopic (exact) mass is 468 g/mol. The van der Waals surface area contributed by atoms with Crippen molar-refractivity contribution in [1.29, 1.82) is 0 Å². The first-order valence-electron chi connectivity index (χ1n) is 9.70. The number of piperidine rings is 1. The van der Waals surface area contributed by atoms with Crippen LogP contribution in [0, 0.1) is 5.92 Å². The lowest BCUT2D eigenvalue weighted by Crippen LogP contribution is -2.46. The number of amides is 3. The molecule has 1 fully saturated rings. The maximum atomic E-state index is 13.3. The van der Waals surface area contributed by atoms with E-state index in [0.29, 0.717) is 12.8 Å². The third-order valence-corrected chi connectivity index (χ3v) is 5.40. The predicted octanol–water partition coefficient (Wildman–Crippen LogP) is 3.79. The van der Waals surface area contributed by atoms with E-state index < -0.39 is 35.5 Å². The molecule has 0 saturated carbocycles. The third kappa shape index (κ3) is 5.37. The van der Waals surface area contributed by atoms with E-state index in [9.17, 15) is 27.6 Å². The molecule has 0 radical (unpaired) electrons. The third-order valence-electron chi connectivity index (χ3n) is 5.19. The Hall–Kier alpha value is -3.14. The summed E-state index contributed by atoms with van der Waals surface area (Å²) in [6.07, 6.45) is -1.13. The fourth-order valence-corrected chi connectivity index (χ4v) is 3.89. The molecule has 170 valence electrons. The number of hydrogen-bond acceptors (Lipinski definition) is 4. The van der Waals surface area contributed by atoms with Gasteiger partial charge < -0.3 is 16.0 Å². The lowest BCUT2D eigenvalue weighted by molar-refractivity contribution is -0.146. The van der Waals surface area contributed by atoms with E-state index in [1.807, 2.05) is 6.92 Å². The summed E-state index contributed by atoms with van der Waals surface area (Å²) in [7, 11) is 0. The molecule has 2 heterocycles. The summed E-state index contributed by atoms with van der Waals surface area (Å²) in [5.74, 6) is -2.64. The van der Waals surface area contributed by atoms with Gasteiger partial charge in [-0.25, -0.2) is 0 Å². The summed E-state index contributed by atoms with van der Waals surface area (Å²) in [6.45, 7) is 2.07. The van der Waals surface area contributed by atoms with Gasteiger partial charge in [0, 0.05) is 17.8 Å². The molecule has 1 aromatic heterocycles. The molecule has 0 unspecified atom stereocenters. The smallest absolute Gasteiger partial charge is 0.366 e. The molecule has 1 aliphatic heterocycles. The summed E-state index contributed by atoms with van der Waals surface area (Å²) in [6, 6.07) is 3.65. The molecule has 7 nitrogen and oxygen atoms in total. The van der Waals surface area contributed by atoms with Gasteiger partial charge >= 0.3 is 18.0 Å². The van der Waals surface area contributed by atoms with Crippen molar-refractivity contribution in [3.63, 3.8) is 0 Å². The molecule has 1 saturated heterocycles. The Morgan fingerprint density at radius 2 is 1.88 bits per heavy atom. The van der Waals surface area contributed by atoms with Gasteiger partial charge in [-0.3, -0.25) is 19.4 Å². The average Bonchev–Trinajstić information content (AvgIpc) is 2.72. The van der Waals surface area contributed by atoms with Crippen molar-refractivity contribution in [2.45, 2.75) is 32.0 Å². The van der Waals surface area contributed by atoms with Crippen LogP contribution >= 0.6 is 11.6 Å². The molecular formula is C21H20ClF3N4O3. The van der Waals surface area contributed by atoms with Gasteiger partial charge in [0.05, 0.1) is 29.1 Å². The van der Waals surface area contributed by atoms with E-state index in [1.54, 1.807) is 0 Å². The van der Waals surface area contributed by atoms with Crippen LogP contribution in [0.4, 0.5) is 18.9 Å². The minimum absolute atomic E-state index is 0.0401. The molecule has 0 bridgehead atoms. The molecular weight excluding hydrogens is 449 g/mol. The second-order valence-electron chi connectivity index (χ2n) is 7.71. The van der Waals surface area contributed by atoms with Gasteiger partial charge in [0.15, 0.2) is 0 Å². The molecule has 0 spiro atoms. The number of nitrogens with zero attached hydrogens (tertiary/aromatic N) is 2. The number of likely N-dealkylation sites (tertiary alicyclic amines) is 1. The highest BCUT2D eigenvalue weighted by Gasteiger charge is 2.37. The molecule has 1 aromatic carbocycles. The maximum Gasteiger partial charge on any atom is 0.416 e. The highest BCUT2D eigenvalue weighted by atomic mass is 35.5. The van der Waals surface area contributed by atoms with E-state index >= 15 is 0 Å². The number of nitrogens with two attached hydrogens (primary N) is 1. The van der Waals surface area contributed by atoms with Crippen molar-refractivity contribution < 1.29 is 27.6 Å². The van der Waals surface area contributed by atoms with Crippen LogP contribution in [-0.2, 0) is 15.8 Å². The molecule has 0 aliphatic carbocycles. The zero-order valence-electron chi connectivity index (χ0n) is 16.9. The molecule has 32 heavy (non-hydrogen) atoms. The standard InChI is InChI=1S/C21H20ClF3N4O3/c1-11-2-3-17(12-4-14(21(23,24)25)7-15(22)5-12)29(10-11)20(32)19(31)28-16-6-13(18(26)30)8-27-9-16/h4-9,11,17H,2-3,10H2,1H3,(H2,26,30)(H,28,31)/t11-,17+/m0/s1. The lowest BCUT2D eigenvalue weighted by atomic mass is 9.89. The predicted molar refractivity (Wildman–Crippen MR) is 111 cm³/mol. The number of rotatable bonds is 3. The number of carbonyl (C=O) groups is 3. The summed E-state index contributed by atoms with van der Waals surface area (Å²) >= 11 is 5.91. The Morgan fingerprint density at radius 1 is 1.16 bits per heavy atom. The van der Waals surface area contributed by atoms with Crippen LogP contribution in [-0.4, -0.2) is 34.2 Å². The maximum absolute atomic E-state index is 13.3. The second kappa shape index (κ2) is 9.15. The van der Waals surface area contributed by atoms with Gasteiger partial charge in [-0.2, -0.15) is 13.2 Å². The number of pyridine rings is 1. The Morgan fingerprint density at radius 3 is 2.53 bits per heavy atom. The number of halogens is 4. The van der Waals surface area contributed by atoms with Crippen LogP contribution in [0.25, 0.3) is 0 Å². The molecule has 3 N–H and O–H groups in total. The van der Waals surface area contributed by atoms with Gasteiger partial charge in [0.25, 0.3) is 0 Å². The quantitative estimate of drug-likeness (QED) is 0.668. The zero-order chi connectivity index (χ0) is 23.6. The number of nitrogens with one attached hydrogen (secondary N) is 1. The van der Waals surface area contributed by atoms with Gasteiger partial charge in [-0.15, -0.1) is 0 Å². The largest absolute Gasteiger partial charge is 0.416 e. The summed E-state index contributed by atoms with van der Waals surface area (Å²) < 4.78 is 39.8. The van der Waals surface area contributed by atoms with Gasteiger partial charge in [-0.1, -0.05) is 18.5 Å². The number of aromatic nitrogens is 1. The number of alkyl halides is 3. The minimum atomic E-state index is -4.60. The number of primary amides is 1. The van der Waals surface area contributed by atoms with Crippen LogP contribution in [0.15, 0.2) is 36.7 Å². The first kappa shape index (κ1) is 23.5. The summed E-state index contributed by atoms with van der Waals surface area (Å²) in [4.78, 5) is 41.9. The lowest BCUT2D eigenvalue weighted by Gasteiger charge is -2.38. The number of carbonyl (C=O) groups excluding carboxylic acids is 3. The zero-order valence-corrected chi connectivity index (χ0v) is 17.7. The highest BCUT2D eigenvalue weighted by Crippen LogP contribution is 2.38. The van der Waals surface area contributed by atoms with E-state index in [0.717, 1.165) is 12.1 Å². The van der Waals surface area contributed by atoms with Crippen molar-refractivity contribution in [2.24, 2.45) is 11.7 Å². The Balaban J connectivity index is 1.87. The van der Waals surface area contributed by atoms with Crippen LogP contribution in [0.2, 0.25) is 5.02 Å². The number of anilines is 1. The van der Waals surface area contributed by atoms with Gasteiger partial charge in [0.1, 0.15) is 0 Å². The molecule has 2 aromatic rings. The van der Waals surface area contributed by atoms with Crippen molar-refractivity contribution in [1.82, 2.24) is 9.88 Å². The Labute approximate surface area is 186 Å². The van der Waals surface area contributed by atoms with E-state index in [2.05, 4.69) is 10.3 Å². The van der Waals surface area contributed by atoms with Crippen molar-refractivity contribution in [3.8, 4) is 0 Å². The highest BCUT2D eigenvalue weighted by molar-refractivity contribution is 6.39. The Kier molecular flexibility index (Phi) is 6.73. The molecule has 3 amide bonds. The topological polar surface area (TPSA) is 105 Å². The molecule has 2 atom stereocenters. The normalized spacial score (nSPS) is 18.8. The molecule has 11 heteroatoms. The van der Waals surface area contributed by atoms with E-state index in [1.165, 1.54) is 29.4 Å². The van der Waals surface area contributed by atoms with Gasteiger partial charge in [0.2, 0.25) is 5.91 Å². The SMILES string of the molecule is C[C@H]1CC[C@H](c2cc(Cl)cc(C(F)(F)F)c2)N(C(=O)C(=O)Nc2cncc(C(N)=O)c2)C1. The second-order valence-corrected chi connectivity index (χ2v) is 8.14. The fraction of sp³-hybridized carbons (Fsp3) is 0.333. The molecule has 1 aliphatic rings. The van der Waals surface area contributed by atoms with E-state index in [4.69, 9.17) is 17.3 Å². The number of hydrogen-bond donors (Lipinski definition) is 2. The van der Waals surface area contributed by atoms with Crippen LogP contribution < -0.4 is 11.1 Å². The first-order chi connectivity index (χ1) is 15.0. The van der Waals surface area contributed by atoms with Crippen LogP contribution in [0.3, 0.4) is 0 Å². The Bertz CT molecular complexity index is 1060. The van der Waals surface area contributed by atoms with Crippen LogP contribution in [0.5, 0.6) is 0 Å². The van der Waals surface area contributed by atoms with Gasteiger partial charge in [-0.05, 0) is 48.6 Å². The van der Waals surface area contributed by atoms with Crippen molar-refractivity contribution in [3.05, 3.63) is 58.4 Å². The summed E-state index contributed by atoms with van der Waals surface area (Å²) in [5.41, 5.74) is 4.59. The minimum Gasteiger partial charge on any atom is -0.366 e. The summed E-state index contributed by atoms with van der Waals surface area (Å²) in [5, 5.41) is 2.25. The molecule has 3 rings (SSSR count).